The first-order valence-electron chi connectivity index (χ1n) is 6.85. The van der Waals surface area contributed by atoms with Crippen LogP contribution >= 0.6 is 0 Å². The average molecular weight is 263 g/mol. The maximum Gasteiger partial charge on any atom is 0.315 e. The number of aromatic nitrogens is 1. The minimum atomic E-state index is -0.188. The van der Waals surface area contributed by atoms with Gasteiger partial charge in [-0.05, 0) is 43.7 Å². The van der Waals surface area contributed by atoms with Crippen LogP contribution in [0.4, 0.5) is 4.79 Å². The molecule has 2 rings (SSSR count). The largest absolute Gasteiger partial charge is 0.393 e. The van der Waals surface area contributed by atoms with Gasteiger partial charge in [-0.15, -0.1) is 0 Å². The van der Waals surface area contributed by atoms with E-state index in [4.69, 9.17) is 0 Å². The molecule has 0 radical (unpaired) electrons. The van der Waals surface area contributed by atoms with E-state index in [0.29, 0.717) is 6.54 Å². The van der Waals surface area contributed by atoms with Crippen molar-refractivity contribution in [1.82, 2.24) is 15.6 Å². The van der Waals surface area contributed by atoms with Crippen LogP contribution in [0.1, 0.15) is 31.2 Å². The number of aliphatic hydroxyl groups excluding tert-OH is 1. The summed E-state index contributed by atoms with van der Waals surface area (Å²) in [4.78, 5) is 15.7. The first kappa shape index (κ1) is 13.8. The molecule has 1 heterocycles. The van der Waals surface area contributed by atoms with Crippen LogP contribution in [0.2, 0.25) is 0 Å². The Morgan fingerprint density at radius 2 is 2.16 bits per heavy atom. The van der Waals surface area contributed by atoms with Crippen LogP contribution in [-0.2, 0) is 6.42 Å². The third-order valence-electron chi connectivity index (χ3n) is 3.45. The number of amides is 2. The van der Waals surface area contributed by atoms with Gasteiger partial charge in [-0.1, -0.05) is 6.07 Å². The normalized spacial score (nSPS) is 22.8. The number of carbonyl (C=O) groups is 1. The SMILES string of the molecule is O=C(NCCc1cccnc1)NC1CCC(O)CC1. The van der Waals surface area contributed by atoms with Crippen LogP contribution in [0.25, 0.3) is 0 Å². The summed E-state index contributed by atoms with van der Waals surface area (Å²) in [7, 11) is 0. The van der Waals surface area contributed by atoms with Crippen molar-refractivity contribution in [2.45, 2.75) is 44.2 Å². The summed E-state index contributed by atoms with van der Waals surface area (Å²) in [6.07, 6.45) is 7.41. The Balaban J connectivity index is 1.62. The maximum atomic E-state index is 11.7. The van der Waals surface area contributed by atoms with Crippen LogP contribution in [0.3, 0.4) is 0 Å². The van der Waals surface area contributed by atoms with Gasteiger partial charge in [-0.25, -0.2) is 4.79 Å². The molecule has 1 saturated carbocycles. The zero-order valence-corrected chi connectivity index (χ0v) is 11.0. The standard InChI is InChI=1S/C14H21N3O2/c18-13-5-3-12(4-6-13)17-14(19)16-9-7-11-2-1-8-15-10-11/h1-2,8,10,12-13,18H,3-7,9H2,(H2,16,17,19). The molecule has 1 aromatic rings. The van der Waals surface area contributed by atoms with Crippen molar-refractivity contribution < 1.29 is 9.90 Å². The third-order valence-corrected chi connectivity index (χ3v) is 3.45. The molecule has 5 nitrogen and oxygen atoms in total. The highest BCUT2D eigenvalue weighted by Gasteiger charge is 2.20. The van der Waals surface area contributed by atoms with Crippen LogP contribution < -0.4 is 10.6 Å². The molecular formula is C14H21N3O2. The van der Waals surface area contributed by atoms with Gasteiger partial charge in [0.05, 0.1) is 6.10 Å². The number of rotatable bonds is 4. The summed E-state index contributed by atoms with van der Waals surface area (Å²) < 4.78 is 0. The number of hydrogen-bond donors (Lipinski definition) is 3. The summed E-state index contributed by atoms with van der Waals surface area (Å²) in [5.74, 6) is 0. The van der Waals surface area contributed by atoms with Crippen LogP contribution in [-0.4, -0.2) is 34.8 Å². The van der Waals surface area contributed by atoms with E-state index in [0.717, 1.165) is 37.7 Å². The molecule has 0 aliphatic heterocycles. The topological polar surface area (TPSA) is 74.2 Å². The highest BCUT2D eigenvalue weighted by molar-refractivity contribution is 5.74. The molecule has 5 heteroatoms. The van der Waals surface area contributed by atoms with Crippen molar-refractivity contribution in [1.29, 1.82) is 0 Å². The predicted octanol–water partition coefficient (Wildman–Crippen LogP) is 1.23. The minimum Gasteiger partial charge on any atom is -0.393 e. The summed E-state index contributed by atoms with van der Waals surface area (Å²) in [6.45, 7) is 0.604. The van der Waals surface area contributed by atoms with Gasteiger partial charge in [0.1, 0.15) is 0 Å². The minimum absolute atomic E-state index is 0.120. The van der Waals surface area contributed by atoms with Crippen LogP contribution in [0.5, 0.6) is 0 Å². The van der Waals surface area contributed by atoms with E-state index in [2.05, 4.69) is 15.6 Å². The number of aliphatic hydroxyl groups is 1. The van der Waals surface area contributed by atoms with Gasteiger partial charge in [-0.2, -0.15) is 0 Å². The van der Waals surface area contributed by atoms with E-state index in [9.17, 15) is 9.90 Å². The third kappa shape index (κ3) is 4.87. The molecule has 1 aliphatic rings. The highest BCUT2D eigenvalue weighted by Crippen LogP contribution is 2.17. The van der Waals surface area contributed by atoms with E-state index in [1.807, 2.05) is 18.3 Å². The van der Waals surface area contributed by atoms with Crippen LogP contribution in [0.15, 0.2) is 24.5 Å². The second-order valence-electron chi connectivity index (χ2n) is 5.02. The van der Waals surface area contributed by atoms with Gasteiger partial charge in [-0.3, -0.25) is 4.98 Å². The molecule has 0 aromatic carbocycles. The Hall–Kier alpha value is -1.62. The van der Waals surface area contributed by atoms with Crippen molar-refractivity contribution in [3.8, 4) is 0 Å². The molecular weight excluding hydrogens is 242 g/mol. The smallest absolute Gasteiger partial charge is 0.315 e. The quantitative estimate of drug-likeness (QED) is 0.765. The lowest BCUT2D eigenvalue weighted by atomic mass is 9.93. The van der Waals surface area contributed by atoms with E-state index < -0.39 is 0 Å². The lowest BCUT2D eigenvalue weighted by molar-refractivity contribution is 0.117. The molecule has 0 saturated heterocycles. The Kier molecular flexibility index (Phi) is 5.15. The van der Waals surface area contributed by atoms with E-state index in [1.165, 1.54) is 0 Å². The van der Waals surface area contributed by atoms with E-state index >= 15 is 0 Å². The Morgan fingerprint density at radius 1 is 1.37 bits per heavy atom. The van der Waals surface area contributed by atoms with Crippen LogP contribution in [0, 0.1) is 0 Å². The zero-order valence-electron chi connectivity index (χ0n) is 11.0. The Bertz CT molecular complexity index is 389. The molecule has 0 atom stereocenters. The molecule has 1 aromatic heterocycles. The van der Waals surface area contributed by atoms with Crippen molar-refractivity contribution >= 4 is 6.03 Å². The second kappa shape index (κ2) is 7.09. The molecule has 0 bridgehead atoms. The zero-order chi connectivity index (χ0) is 13.5. The predicted molar refractivity (Wildman–Crippen MR) is 72.7 cm³/mol. The molecule has 2 amide bonds. The first-order valence-corrected chi connectivity index (χ1v) is 6.85. The number of carbonyl (C=O) groups excluding carboxylic acids is 1. The van der Waals surface area contributed by atoms with Gasteiger partial charge in [0, 0.05) is 25.0 Å². The summed E-state index contributed by atoms with van der Waals surface area (Å²) >= 11 is 0. The van der Waals surface area contributed by atoms with Crippen molar-refractivity contribution in [2.75, 3.05) is 6.54 Å². The number of hydrogen-bond acceptors (Lipinski definition) is 3. The molecule has 104 valence electrons. The summed E-state index contributed by atoms with van der Waals surface area (Å²) in [6, 6.07) is 3.96. The second-order valence-corrected chi connectivity index (χ2v) is 5.02. The van der Waals surface area contributed by atoms with E-state index in [-0.39, 0.29) is 18.2 Å². The van der Waals surface area contributed by atoms with Gasteiger partial charge < -0.3 is 15.7 Å². The average Bonchev–Trinajstić information content (AvgIpc) is 2.43. The maximum absolute atomic E-state index is 11.7. The first-order chi connectivity index (χ1) is 9.24. The molecule has 1 fully saturated rings. The van der Waals surface area contributed by atoms with Gasteiger partial charge in [0.2, 0.25) is 0 Å². The molecule has 0 spiro atoms. The monoisotopic (exact) mass is 263 g/mol. The van der Waals surface area contributed by atoms with Gasteiger partial charge in [0.25, 0.3) is 0 Å². The fourth-order valence-electron chi connectivity index (χ4n) is 2.32. The fraction of sp³-hybridized carbons (Fsp3) is 0.571. The number of urea groups is 1. The molecule has 3 N–H and O–H groups in total. The number of nitrogens with one attached hydrogen (secondary N) is 2. The lowest BCUT2D eigenvalue weighted by Gasteiger charge is -2.26. The number of nitrogens with zero attached hydrogens (tertiary/aromatic N) is 1. The van der Waals surface area contributed by atoms with Crippen molar-refractivity contribution in [2.24, 2.45) is 0 Å². The van der Waals surface area contributed by atoms with E-state index in [1.54, 1.807) is 6.20 Å². The Morgan fingerprint density at radius 3 is 2.84 bits per heavy atom. The summed E-state index contributed by atoms with van der Waals surface area (Å²) in [5.41, 5.74) is 1.11. The summed E-state index contributed by atoms with van der Waals surface area (Å²) in [5, 5.41) is 15.2. The fourth-order valence-corrected chi connectivity index (χ4v) is 2.32. The molecule has 1 aliphatic carbocycles. The molecule has 19 heavy (non-hydrogen) atoms. The van der Waals surface area contributed by atoms with Crippen molar-refractivity contribution in [3.05, 3.63) is 30.1 Å². The van der Waals surface area contributed by atoms with Gasteiger partial charge >= 0.3 is 6.03 Å². The number of pyridine rings is 1. The molecule has 0 unspecified atom stereocenters. The van der Waals surface area contributed by atoms with Crippen molar-refractivity contribution in [3.63, 3.8) is 0 Å². The van der Waals surface area contributed by atoms with Gasteiger partial charge in [0.15, 0.2) is 0 Å². The Labute approximate surface area is 113 Å². The lowest BCUT2D eigenvalue weighted by Crippen LogP contribution is -2.44. The highest BCUT2D eigenvalue weighted by atomic mass is 16.3.